The normalized spacial score (nSPS) is 12.9. The standard InChI is InChI=1S/C8H11ClN2O/c1-10-8(5-12)6-4-11-3-2-7(6)9/h2-4,8,10,12H,5H2,1H3/t8-/m1/s1. The lowest BCUT2D eigenvalue weighted by Crippen LogP contribution is -2.20. The molecule has 0 aliphatic heterocycles. The Morgan fingerprint density at radius 2 is 2.50 bits per heavy atom. The molecule has 0 spiro atoms. The second-order valence-electron chi connectivity index (χ2n) is 2.42. The van der Waals surface area contributed by atoms with Crippen LogP contribution in [0, 0.1) is 0 Å². The van der Waals surface area contributed by atoms with Gasteiger partial charge in [-0.1, -0.05) is 11.6 Å². The first-order valence-corrected chi connectivity index (χ1v) is 4.05. The topological polar surface area (TPSA) is 45.1 Å². The van der Waals surface area contributed by atoms with E-state index in [-0.39, 0.29) is 12.6 Å². The molecule has 0 aliphatic carbocycles. The Morgan fingerprint density at radius 3 is 3.00 bits per heavy atom. The summed E-state index contributed by atoms with van der Waals surface area (Å²) in [5.41, 5.74) is 0.823. The maximum Gasteiger partial charge on any atom is 0.0627 e. The van der Waals surface area contributed by atoms with Gasteiger partial charge in [-0.05, 0) is 13.1 Å². The molecule has 66 valence electrons. The van der Waals surface area contributed by atoms with Crippen molar-refractivity contribution in [3.8, 4) is 0 Å². The Labute approximate surface area is 76.4 Å². The minimum Gasteiger partial charge on any atom is -0.394 e. The van der Waals surface area contributed by atoms with Crippen molar-refractivity contribution < 1.29 is 5.11 Å². The molecule has 2 N–H and O–H groups in total. The molecular formula is C8H11ClN2O. The SMILES string of the molecule is CN[C@H](CO)c1cnccc1Cl. The van der Waals surface area contributed by atoms with E-state index in [2.05, 4.69) is 10.3 Å². The van der Waals surface area contributed by atoms with Gasteiger partial charge in [0.15, 0.2) is 0 Å². The number of likely N-dealkylation sites (N-methyl/N-ethyl adjacent to an activating group) is 1. The summed E-state index contributed by atoms with van der Waals surface area (Å²) in [5.74, 6) is 0. The fourth-order valence-corrected chi connectivity index (χ4v) is 1.23. The van der Waals surface area contributed by atoms with Crippen molar-refractivity contribution in [3.05, 3.63) is 29.0 Å². The Morgan fingerprint density at radius 1 is 1.75 bits per heavy atom. The highest BCUT2D eigenvalue weighted by atomic mass is 35.5. The number of aliphatic hydroxyl groups is 1. The maximum atomic E-state index is 8.95. The summed E-state index contributed by atoms with van der Waals surface area (Å²) in [5, 5.41) is 12.5. The maximum absolute atomic E-state index is 8.95. The highest BCUT2D eigenvalue weighted by Crippen LogP contribution is 2.20. The molecule has 0 bridgehead atoms. The number of hydrogen-bond acceptors (Lipinski definition) is 3. The van der Waals surface area contributed by atoms with Crippen LogP contribution >= 0.6 is 11.6 Å². The number of aromatic nitrogens is 1. The molecule has 0 unspecified atom stereocenters. The molecule has 1 rings (SSSR count). The number of rotatable bonds is 3. The fraction of sp³-hybridized carbons (Fsp3) is 0.375. The summed E-state index contributed by atoms with van der Waals surface area (Å²) in [6, 6.07) is 1.57. The van der Waals surface area contributed by atoms with E-state index < -0.39 is 0 Å². The van der Waals surface area contributed by atoms with E-state index in [0.29, 0.717) is 5.02 Å². The zero-order valence-corrected chi connectivity index (χ0v) is 7.54. The lowest BCUT2D eigenvalue weighted by molar-refractivity contribution is 0.251. The Hall–Kier alpha value is -0.640. The zero-order valence-electron chi connectivity index (χ0n) is 6.79. The van der Waals surface area contributed by atoms with E-state index in [1.54, 1.807) is 25.5 Å². The van der Waals surface area contributed by atoms with Gasteiger partial charge in [0.1, 0.15) is 0 Å². The van der Waals surface area contributed by atoms with Crippen LogP contribution in [0.3, 0.4) is 0 Å². The third-order valence-electron chi connectivity index (χ3n) is 1.70. The van der Waals surface area contributed by atoms with E-state index in [4.69, 9.17) is 16.7 Å². The molecular weight excluding hydrogens is 176 g/mol. The first-order valence-electron chi connectivity index (χ1n) is 3.67. The van der Waals surface area contributed by atoms with Gasteiger partial charge in [-0.25, -0.2) is 0 Å². The molecule has 3 nitrogen and oxygen atoms in total. The molecule has 1 aromatic rings. The van der Waals surface area contributed by atoms with Crippen LogP contribution in [0.2, 0.25) is 5.02 Å². The number of nitrogens with zero attached hydrogens (tertiary/aromatic N) is 1. The summed E-state index contributed by atoms with van der Waals surface area (Å²) in [6.07, 6.45) is 3.27. The van der Waals surface area contributed by atoms with Gasteiger partial charge in [-0.3, -0.25) is 4.98 Å². The average Bonchev–Trinajstić information content (AvgIpc) is 2.10. The molecule has 0 amide bonds. The fourth-order valence-electron chi connectivity index (χ4n) is 0.991. The monoisotopic (exact) mass is 186 g/mol. The Balaban J connectivity index is 2.92. The number of nitrogens with one attached hydrogen (secondary N) is 1. The molecule has 1 heterocycles. The smallest absolute Gasteiger partial charge is 0.0627 e. The molecule has 12 heavy (non-hydrogen) atoms. The summed E-state index contributed by atoms with van der Waals surface area (Å²) < 4.78 is 0. The summed E-state index contributed by atoms with van der Waals surface area (Å²) in [4.78, 5) is 3.93. The van der Waals surface area contributed by atoms with Crippen molar-refractivity contribution in [2.75, 3.05) is 13.7 Å². The van der Waals surface area contributed by atoms with Crippen molar-refractivity contribution in [2.45, 2.75) is 6.04 Å². The average molecular weight is 187 g/mol. The number of aliphatic hydroxyl groups excluding tert-OH is 1. The van der Waals surface area contributed by atoms with Crippen LogP contribution in [0.5, 0.6) is 0 Å². The van der Waals surface area contributed by atoms with Crippen LogP contribution in [0.4, 0.5) is 0 Å². The minimum atomic E-state index is -0.133. The van der Waals surface area contributed by atoms with Crippen molar-refractivity contribution >= 4 is 11.6 Å². The van der Waals surface area contributed by atoms with Crippen LogP contribution in [0.25, 0.3) is 0 Å². The molecule has 0 saturated heterocycles. The first-order chi connectivity index (χ1) is 5.79. The minimum absolute atomic E-state index is 0.0158. The van der Waals surface area contributed by atoms with Crippen molar-refractivity contribution in [3.63, 3.8) is 0 Å². The van der Waals surface area contributed by atoms with Gasteiger partial charge in [0.2, 0.25) is 0 Å². The lowest BCUT2D eigenvalue weighted by Gasteiger charge is -2.13. The van der Waals surface area contributed by atoms with Gasteiger partial charge in [-0.2, -0.15) is 0 Å². The van der Waals surface area contributed by atoms with Gasteiger partial charge >= 0.3 is 0 Å². The predicted octanol–water partition coefficient (Wildman–Crippen LogP) is 0.988. The van der Waals surface area contributed by atoms with Gasteiger partial charge in [0.05, 0.1) is 12.6 Å². The van der Waals surface area contributed by atoms with Crippen LogP contribution < -0.4 is 5.32 Å². The first kappa shape index (κ1) is 9.45. The van der Waals surface area contributed by atoms with E-state index in [1.807, 2.05) is 0 Å². The quantitative estimate of drug-likeness (QED) is 0.740. The molecule has 0 saturated carbocycles. The van der Waals surface area contributed by atoms with E-state index in [9.17, 15) is 0 Å². The lowest BCUT2D eigenvalue weighted by atomic mass is 10.1. The van der Waals surface area contributed by atoms with E-state index in [0.717, 1.165) is 5.56 Å². The van der Waals surface area contributed by atoms with E-state index in [1.165, 1.54) is 0 Å². The highest BCUT2D eigenvalue weighted by molar-refractivity contribution is 6.31. The molecule has 0 aliphatic rings. The van der Waals surface area contributed by atoms with Crippen molar-refractivity contribution in [1.29, 1.82) is 0 Å². The van der Waals surface area contributed by atoms with Crippen LogP contribution in [-0.4, -0.2) is 23.7 Å². The number of pyridine rings is 1. The second kappa shape index (κ2) is 4.40. The van der Waals surface area contributed by atoms with Crippen molar-refractivity contribution in [1.82, 2.24) is 10.3 Å². The summed E-state index contributed by atoms with van der Waals surface area (Å²) >= 11 is 5.89. The molecule has 0 aromatic carbocycles. The van der Waals surface area contributed by atoms with E-state index >= 15 is 0 Å². The molecule has 1 aromatic heterocycles. The number of halogens is 1. The van der Waals surface area contributed by atoms with Crippen molar-refractivity contribution in [2.24, 2.45) is 0 Å². The third kappa shape index (κ3) is 1.94. The summed E-state index contributed by atoms with van der Waals surface area (Å²) in [6.45, 7) is 0.0158. The van der Waals surface area contributed by atoms with Gasteiger partial charge in [0.25, 0.3) is 0 Å². The molecule has 1 atom stereocenters. The van der Waals surface area contributed by atoms with Gasteiger partial charge < -0.3 is 10.4 Å². The van der Waals surface area contributed by atoms with Crippen LogP contribution in [0.15, 0.2) is 18.5 Å². The van der Waals surface area contributed by atoms with Crippen LogP contribution in [0.1, 0.15) is 11.6 Å². The molecule has 4 heteroatoms. The largest absolute Gasteiger partial charge is 0.394 e. The Kier molecular flexibility index (Phi) is 3.47. The second-order valence-corrected chi connectivity index (χ2v) is 2.83. The van der Waals surface area contributed by atoms with Gasteiger partial charge in [0, 0.05) is 23.0 Å². The van der Waals surface area contributed by atoms with Gasteiger partial charge in [-0.15, -0.1) is 0 Å². The highest BCUT2D eigenvalue weighted by Gasteiger charge is 2.10. The Bertz CT molecular complexity index is 251. The summed E-state index contributed by atoms with van der Waals surface area (Å²) in [7, 11) is 1.77. The number of hydrogen-bond donors (Lipinski definition) is 2. The zero-order chi connectivity index (χ0) is 8.97. The molecule has 0 radical (unpaired) electrons. The third-order valence-corrected chi connectivity index (χ3v) is 2.05. The van der Waals surface area contributed by atoms with Crippen LogP contribution in [-0.2, 0) is 0 Å². The predicted molar refractivity (Wildman–Crippen MR) is 48.1 cm³/mol. The molecule has 0 fully saturated rings.